The average Bonchev–Trinajstić information content (AvgIpc) is 2.78. The Bertz CT molecular complexity index is 551. The highest BCUT2D eigenvalue weighted by molar-refractivity contribution is 7.16. The van der Waals surface area contributed by atoms with Crippen LogP contribution in [0.3, 0.4) is 0 Å². The van der Waals surface area contributed by atoms with Gasteiger partial charge in [0.25, 0.3) is 0 Å². The third-order valence-corrected chi connectivity index (χ3v) is 3.14. The van der Waals surface area contributed by atoms with Gasteiger partial charge in [-0.3, -0.25) is 0 Å². The SMILES string of the molecule is CCO/C(=C\c1ccc(Cl)cc1)c1nnc(N)s1. The lowest BCUT2D eigenvalue weighted by atomic mass is 10.2. The molecule has 2 rings (SSSR count). The fourth-order valence-electron chi connectivity index (χ4n) is 1.37. The van der Waals surface area contributed by atoms with Crippen LogP contribution in [-0.4, -0.2) is 16.8 Å². The highest BCUT2D eigenvalue weighted by Gasteiger charge is 2.09. The van der Waals surface area contributed by atoms with Crippen molar-refractivity contribution < 1.29 is 4.74 Å². The van der Waals surface area contributed by atoms with Crippen LogP contribution >= 0.6 is 22.9 Å². The van der Waals surface area contributed by atoms with E-state index >= 15 is 0 Å². The molecule has 0 atom stereocenters. The largest absolute Gasteiger partial charge is 0.491 e. The van der Waals surface area contributed by atoms with Gasteiger partial charge in [0, 0.05) is 5.02 Å². The summed E-state index contributed by atoms with van der Waals surface area (Å²) < 4.78 is 5.56. The molecule has 0 saturated heterocycles. The molecule has 0 aliphatic heterocycles. The van der Waals surface area contributed by atoms with Crippen molar-refractivity contribution in [3.8, 4) is 0 Å². The Kier molecular flexibility index (Phi) is 4.17. The third-order valence-electron chi connectivity index (χ3n) is 2.12. The van der Waals surface area contributed by atoms with Crippen molar-refractivity contribution >= 4 is 39.9 Å². The first-order valence-electron chi connectivity index (χ1n) is 5.38. The lowest BCUT2D eigenvalue weighted by molar-refractivity contribution is 0.300. The van der Waals surface area contributed by atoms with Crippen molar-refractivity contribution in [1.29, 1.82) is 0 Å². The Morgan fingerprint density at radius 2 is 2.11 bits per heavy atom. The van der Waals surface area contributed by atoms with E-state index in [0.29, 0.717) is 27.5 Å². The molecule has 0 bridgehead atoms. The molecule has 0 aliphatic rings. The molecular weight excluding hydrogens is 270 g/mol. The normalized spacial score (nSPS) is 11.6. The van der Waals surface area contributed by atoms with Gasteiger partial charge in [0.15, 0.2) is 10.8 Å². The molecule has 6 heteroatoms. The number of nitrogens with zero attached hydrogens (tertiary/aromatic N) is 2. The van der Waals surface area contributed by atoms with Crippen molar-refractivity contribution in [1.82, 2.24) is 10.2 Å². The molecule has 94 valence electrons. The number of hydrogen-bond donors (Lipinski definition) is 1. The van der Waals surface area contributed by atoms with Crippen LogP contribution in [0.5, 0.6) is 0 Å². The van der Waals surface area contributed by atoms with Crippen LogP contribution in [0, 0.1) is 0 Å². The van der Waals surface area contributed by atoms with E-state index in [0.717, 1.165) is 5.56 Å². The zero-order valence-corrected chi connectivity index (χ0v) is 11.3. The zero-order valence-electron chi connectivity index (χ0n) is 9.76. The minimum absolute atomic E-state index is 0.423. The Balaban J connectivity index is 2.32. The maximum Gasteiger partial charge on any atom is 0.203 e. The number of aromatic nitrogens is 2. The summed E-state index contributed by atoms with van der Waals surface area (Å²) in [4.78, 5) is 0. The molecule has 1 aromatic carbocycles. The predicted molar refractivity (Wildman–Crippen MR) is 75.3 cm³/mol. The van der Waals surface area contributed by atoms with Crippen LogP contribution in [-0.2, 0) is 4.74 Å². The van der Waals surface area contributed by atoms with E-state index in [-0.39, 0.29) is 0 Å². The van der Waals surface area contributed by atoms with Gasteiger partial charge in [-0.2, -0.15) is 0 Å². The Hall–Kier alpha value is -1.59. The van der Waals surface area contributed by atoms with Gasteiger partial charge in [0.05, 0.1) is 6.61 Å². The van der Waals surface area contributed by atoms with Gasteiger partial charge in [-0.25, -0.2) is 0 Å². The molecule has 0 aliphatic carbocycles. The zero-order chi connectivity index (χ0) is 13.0. The van der Waals surface area contributed by atoms with Gasteiger partial charge in [-0.05, 0) is 30.7 Å². The van der Waals surface area contributed by atoms with E-state index in [1.165, 1.54) is 11.3 Å². The molecule has 0 unspecified atom stereocenters. The lowest BCUT2D eigenvalue weighted by Crippen LogP contribution is -1.91. The summed E-state index contributed by atoms with van der Waals surface area (Å²) in [5.41, 5.74) is 6.55. The number of ether oxygens (including phenoxy) is 1. The van der Waals surface area contributed by atoms with Crippen molar-refractivity contribution in [3.63, 3.8) is 0 Å². The summed E-state index contributed by atoms with van der Waals surface area (Å²) >= 11 is 7.14. The van der Waals surface area contributed by atoms with Crippen molar-refractivity contribution in [2.24, 2.45) is 0 Å². The van der Waals surface area contributed by atoms with Gasteiger partial charge in [-0.1, -0.05) is 35.1 Å². The topological polar surface area (TPSA) is 61.0 Å². The van der Waals surface area contributed by atoms with E-state index in [9.17, 15) is 0 Å². The summed E-state index contributed by atoms with van der Waals surface area (Å²) in [6.07, 6.45) is 1.89. The van der Waals surface area contributed by atoms with Crippen LogP contribution in [0.25, 0.3) is 11.8 Å². The molecule has 18 heavy (non-hydrogen) atoms. The Labute approximate surface area is 114 Å². The van der Waals surface area contributed by atoms with Crippen LogP contribution in [0.15, 0.2) is 24.3 Å². The monoisotopic (exact) mass is 281 g/mol. The molecule has 2 aromatic rings. The molecule has 2 N–H and O–H groups in total. The highest BCUT2D eigenvalue weighted by atomic mass is 35.5. The van der Waals surface area contributed by atoms with Crippen LogP contribution in [0.4, 0.5) is 5.13 Å². The smallest absolute Gasteiger partial charge is 0.203 e. The Morgan fingerprint density at radius 3 is 2.67 bits per heavy atom. The van der Waals surface area contributed by atoms with E-state index in [1.54, 1.807) is 0 Å². The molecular formula is C12H12ClN3OS. The molecule has 4 nitrogen and oxygen atoms in total. The minimum Gasteiger partial charge on any atom is -0.491 e. The molecule has 1 aromatic heterocycles. The second-order valence-electron chi connectivity index (χ2n) is 3.44. The number of halogens is 1. The van der Waals surface area contributed by atoms with Crippen molar-refractivity contribution in [3.05, 3.63) is 39.9 Å². The lowest BCUT2D eigenvalue weighted by Gasteiger charge is -2.04. The number of nitrogen functional groups attached to an aromatic ring is 1. The summed E-state index contributed by atoms with van der Waals surface area (Å²) in [5, 5.41) is 9.55. The fourth-order valence-corrected chi connectivity index (χ4v) is 2.07. The van der Waals surface area contributed by atoms with Gasteiger partial charge in [0.2, 0.25) is 5.13 Å². The average molecular weight is 282 g/mol. The third kappa shape index (κ3) is 3.21. The molecule has 0 amide bonds. The maximum atomic E-state index is 5.84. The van der Waals surface area contributed by atoms with E-state index in [4.69, 9.17) is 22.1 Å². The first-order chi connectivity index (χ1) is 8.69. The van der Waals surface area contributed by atoms with Crippen LogP contribution < -0.4 is 5.73 Å². The van der Waals surface area contributed by atoms with Gasteiger partial charge in [0.1, 0.15) is 0 Å². The molecule has 1 heterocycles. The quantitative estimate of drug-likeness (QED) is 0.874. The summed E-state index contributed by atoms with van der Waals surface area (Å²) in [7, 11) is 0. The number of anilines is 1. The van der Waals surface area contributed by atoms with Crippen molar-refractivity contribution in [2.75, 3.05) is 12.3 Å². The number of nitrogens with two attached hydrogens (primary N) is 1. The van der Waals surface area contributed by atoms with E-state index in [2.05, 4.69) is 10.2 Å². The fraction of sp³-hybridized carbons (Fsp3) is 0.167. The van der Waals surface area contributed by atoms with Crippen molar-refractivity contribution in [2.45, 2.75) is 6.92 Å². The van der Waals surface area contributed by atoms with Gasteiger partial charge in [-0.15, -0.1) is 10.2 Å². The van der Waals surface area contributed by atoms with Gasteiger partial charge < -0.3 is 10.5 Å². The molecule has 0 saturated carbocycles. The van der Waals surface area contributed by atoms with Crippen LogP contribution in [0.2, 0.25) is 5.02 Å². The summed E-state index contributed by atoms with van der Waals surface area (Å²) in [6, 6.07) is 7.47. The molecule has 0 radical (unpaired) electrons. The standard InChI is InChI=1S/C12H12ClN3OS/c1-2-17-10(11-15-16-12(14)18-11)7-8-3-5-9(13)6-4-8/h3-7H,2H2,1H3,(H2,14,16)/b10-7-. The summed E-state index contributed by atoms with van der Waals surface area (Å²) in [5.74, 6) is 0.661. The first kappa shape index (κ1) is 12.9. The Morgan fingerprint density at radius 1 is 1.39 bits per heavy atom. The van der Waals surface area contributed by atoms with E-state index in [1.807, 2.05) is 37.3 Å². The minimum atomic E-state index is 0.423. The summed E-state index contributed by atoms with van der Waals surface area (Å²) in [6.45, 7) is 2.47. The number of hydrogen-bond acceptors (Lipinski definition) is 5. The van der Waals surface area contributed by atoms with Crippen LogP contribution in [0.1, 0.15) is 17.5 Å². The number of benzene rings is 1. The van der Waals surface area contributed by atoms with Gasteiger partial charge >= 0.3 is 0 Å². The predicted octanol–water partition coefficient (Wildman–Crippen LogP) is 3.31. The second kappa shape index (κ2) is 5.84. The molecule has 0 fully saturated rings. The maximum absolute atomic E-state index is 5.84. The number of rotatable bonds is 4. The highest BCUT2D eigenvalue weighted by Crippen LogP contribution is 2.24. The van der Waals surface area contributed by atoms with E-state index < -0.39 is 0 Å². The first-order valence-corrected chi connectivity index (χ1v) is 6.58. The molecule has 0 spiro atoms. The second-order valence-corrected chi connectivity index (χ2v) is 4.88.